The highest BCUT2D eigenvalue weighted by Crippen LogP contribution is 2.23. The second-order valence-electron chi connectivity index (χ2n) is 5.44. The molecule has 0 saturated carbocycles. The molecular formula is C18H19N3O3. The lowest BCUT2D eigenvalue weighted by molar-refractivity contribution is 0.0937. The summed E-state index contributed by atoms with van der Waals surface area (Å²) in [5.74, 6) is 1.62. The Morgan fingerprint density at radius 2 is 1.79 bits per heavy atom. The Kier molecular flexibility index (Phi) is 4.37. The van der Waals surface area contributed by atoms with Gasteiger partial charge in [0.25, 0.3) is 5.91 Å². The maximum atomic E-state index is 12.5. The average Bonchev–Trinajstić information content (AvgIpc) is 3.05. The van der Waals surface area contributed by atoms with Crippen LogP contribution in [-0.4, -0.2) is 30.1 Å². The standard InChI is InChI=1S/C18H19N3O3/c1-11(17-20-15-6-4-5-7-16(15)21-17)19-18(22)12-8-13(23-2)10-14(9-12)24-3/h4-11H,1-3H3,(H,19,22)(H,20,21). The summed E-state index contributed by atoms with van der Waals surface area (Å²) in [6.07, 6.45) is 0. The summed E-state index contributed by atoms with van der Waals surface area (Å²) in [5, 5.41) is 2.93. The molecule has 3 rings (SSSR count). The predicted octanol–water partition coefficient (Wildman–Crippen LogP) is 3.07. The zero-order chi connectivity index (χ0) is 17.1. The topological polar surface area (TPSA) is 76.2 Å². The molecule has 1 atom stereocenters. The van der Waals surface area contributed by atoms with Gasteiger partial charge in [0, 0.05) is 11.6 Å². The number of para-hydroxylation sites is 2. The van der Waals surface area contributed by atoms with Gasteiger partial charge in [-0.05, 0) is 31.2 Å². The van der Waals surface area contributed by atoms with E-state index in [4.69, 9.17) is 9.47 Å². The number of benzene rings is 2. The van der Waals surface area contributed by atoms with Crippen LogP contribution in [0.25, 0.3) is 11.0 Å². The highest BCUT2D eigenvalue weighted by Gasteiger charge is 2.16. The van der Waals surface area contributed by atoms with Crippen LogP contribution in [0.15, 0.2) is 42.5 Å². The Morgan fingerprint density at radius 1 is 1.12 bits per heavy atom. The van der Waals surface area contributed by atoms with Crippen LogP contribution in [0.5, 0.6) is 11.5 Å². The third-order valence-corrected chi connectivity index (χ3v) is 3.78. The van der Waals surface area contributed by atoms with Crippen LogP contribution in [0.2, 0.25) is 0 Å². The number of carbonyl (C=O) groups excluding carboxylic acids is 1. The first-order chi connectivity index (χ1) is 11.6. The summed E-state index contributed by atoms with van der Waals surface area (Å²) < 4.78 is 10.4. The highest BCUT2D eigenvalue weighted by atomic mass is 16.5. The maximum Gasteiger partial charge on any atom is 0.252 e. The minimum absolute atomic E-state index is 0.222. The van der Waals surface area contributed by atoms with Crippen LogP contribution in [-0.2, 0) is 0 Å². The average molecular weight is 325 g/mol. The molecule has 1 unspecified atom stereocenters. The van der Waals surface area contributed by atoms with Crippen LogP contribution in [0.1, 0.15) is 29.1 Å². The van der Waals surface area contributed by atoms with Gasteiger partial charge >= 0.3 is 0 Å². The Hall–Kier alpha value is -3.02. The quantitative estimate of drug-likeness (QED) is 0.756. The number of nitrogens with zero attached hydrogens (tertiary/aromatic N) is 1. The molecule has 1 amide bonds. The number of hydrogen-bond donors (Lipinski definition) is 2. The fourth-order valence-electron chi connectivity index (χ4n) is 2.46. The largest absolute Gasteiger partial charge is 0.497 e. The molecular weight excluding hydrogens is 306 g/mol. The van der Waals surface area contributed by atoms with E-state index in [9.17, 15) is 4.79 Å². The lowest BCUT2D eigenvalue weighted by atomic mass is 10.1. The monoisotopic (exact) mass is 325 g/mol. The number of imidazole rings is 1. The van der Waals surface area contributed by atoms with Gasteiger partial charge in [-0.2, -0.15) is 0 Å². The van der Waals surface area contributed by atoms with E-state index in [2.05, 4.69) is 15.3 Å². The lowest BCUT2D eigenvalue weighted by Crippen LogP contribution is -2.27. The molecule has 3 aromatic rings. The first-order valence-corrected chi connectivity index (χ1v) is 7.59. The SMILES string of the molecule is COc1cc(OC)cc(C(=O)NC(C)c2nc3ccccc3[nH]2)c1. The fourth-order valence-corrected chi connectivity index (χ4v) is 2.46. The number of rotatable bonds is 5. The molecule has 0 aliphatic rings. The second-order valence-corrected chi connectivity index (χ2v) is 5.44. The Bertz CT molecular complexity index is 818. The Balaban J connectivity index is 1.80. The number of nitrogens with one attached hydrogen (secondary N) is 2. The molecule has 0 spiro atoms. The smallest absolute Gasteiger partial charge is 0.252 e. The summed E-state index contributed by atoms with van der Waals surface area (Å²) in [6.45, 7) is 1.88. The van der Waals surface area contributed by atoms with Gasteiger partial charge < -0.3 is 19.8 Å². The predicted molar refractivity (Wildman–Crippen MR) is 91.5 cm³/mol. The summed E-state index contributed by atoms with van der Waals surface area (Å²) in [5.41, 5.74) is 2.28. The van der Waals surface area contributed by atoms with E-state index in [-0.39, 0.29) is 11.9 Å². The van der Waals surface area contributed by atoms with Crippen LogP contribution >= 0.6 is 0 Å². The van der Waals surface area contributed by atoms with Gasteiger partial charge in [0.1, 0.15) is 17.3 Å². The van der Waals surface area contributed by atoms with Gasteiger partial charge in [-0.15, -0.1) is 0 Å². The number of methoxy groups -OCH3 is 2. The van der Waals surface area contributed by atoms with Crippen molar-refractivity contribution >= 4 is 16.9 Å². The Morgan fingerprint density at radius 3 is 2.42 bits per heavy atom. The van der Waals surface area contributed by atoms with Crippen molar-refractivity contribution in [2.24, 2.45) is 0 Å². The van der Waals surface area contributed by atoms with E-state index in [1.807, 2.05) is 31.2 Å². The van der Waals surface area contributed by atoms with Crippen LogP contribution < -0.4 is 14.8 Å². The molecule has 0 saturated heterocycles. The van der Waals surface area contributed by atoms with Crippen molar-refractivity contribution in [3.05, 3.63) is 53.9 Å². The summed E-state index contributed by atoms with van der Waals surface area (Å²) >= 11 is 0. The molecule has 24 heavy (non-hydrogen) atoms. The van der Waals surface area contributed by atoms with Crippen LogP contribution in [0.3, 0.4) is 0 Å². The van der Waals surface area contributed by atoms with Crippen molar-refractivity contribution < 1.29 is 14.3 Å². The van der Waals surface area contributed by atoms with Crippen LogP contribution in [0, 0.1) is 0 Å². The molecule has 6 nitrogen and oxygen atoms in total. The summed E-state index contributed by atoms with van der Waals surface area (Å²) in [6, 6.07) is 12.5. The van der Waals surface area contributed by atoms with Gasteiger partial charge in [-0.1, -0.05) is 12.1 Å². The number of carbonyl (C=O) groups is 1. The van der Waals surface area contributed by atoms with E-state index >= 15 is 0 Å². The normalized spacial score (nSPS) is 12.0. The summed E-state index contributed by atoms with van der Waals surface area (Å²) in [7, 11) is 3.10. The van der Waals surface area contributed by atoms with Crippen molar-refractivity contribution in [2.45, 2.75) is 13.0 Å². The van der Waals surface area contributed by atoms with Crippen molar-refractivity contribution in [3.8, 4) is 11.5 Å². The third-order valence-electron chi connectivity index (χ3n) is 3.78. The molecule has 0 bridgehead atoms. The first-order valence-electron chi connectivity index (χ1n) is 7.59. The van der Waals surface area contributed by atoms with E-state index in [1.165, 1.54) is 0 Å². The number of amides is 1. The highest BCUT2D eigenvalue weighted by molar-refractivity contribution is 5.95. The number of aromatic amines is 1. The fraction of sp³-hybridized carbons (Fsp3) is 0.222. The maximum absolute atomic E-state index is 12.5. The van der Waals surface area contributed by atoms with E-state index in [0.29, 0.717) is 22.9 Å². The molecule has 6 heteroatoms. The minimum atomic E-state index is -0.262. The second kappa shape index (κ2) is 6.62. The first kappa shape index (κ1) is 15.9. The number of H-pyrrole nitrogens is 1. The zero-order valence-electron chi connectivity index (χ0n) is 13.8. The molecule has 2 aromatic carbocycles. The van der Waals surface area contributed by atoms with E-state index in [0.717, 1.165) is 11.0 Å². The molecule has 0 radical (unpaired) electrons. The van der Waals surface area contributed by atoms with Gasteiger partial charge in [0.15, 0.2) is 0 Å². The van der Waals surface area contributed by atoms with Crippen LogP contribution in [0.4, 0.5) is 0 Å². The molecule has 124 valence electrons. The minimum Gasteiger partial charge on any atom is -0.497 e. The van der Waals surface area contributed by atoms with Crippen molar-refractivity contribution in [2.75, 3.05) is 14.2 Å². The molecule has 0 fully saturated rings. The molecule has 2 N–H and O–H groups in total. The van der Waals surface area contributed by atoms with Crippen molar-refractivity contribution in [3.63, 3.8) is 0 Å². The summed E-state index contributed by atoms with van der Waals surface area (Å²) in [4.78, 5) is 20.2. The lowest BCUT2D eigenvalue weighted by Gasteiger charge is -2.13. The number of hydrogen-bond acceptors (Lipinski definition) is 4. The van der Waals surface area contributed by atoms with E-state index in [1.54, 1.807) is 32.4 Å². The van der Waals surface area contributed by atoms with Gasteiger partial charge in [-0.3, -0.25) is 4.79 Å². The zero-order valence-corrected chi connectivity index (χ0v) is 13.8. The third kappa shape index (κ3) is 3.17. The number of ether oxygens (including phenoxy) is 2. The van der Waals surface area contributed by atoms with Crippen molar-refractivity contribution in [1.29, 1.82) is 0 Å². The molecule has 1 aromatic heterocycles. The van der Waals surface area contributed by atoms with Gasteiger partial charge in [0.2, 0.25) is 0 Å². The van der Waals surface area contributed by atoms with Crippen molar-refractivity contribution in [1.82, 2.24) is 15.3 Å². The van der Waals surface area contributed by atoms with E-state index < -0.39 is 0 Å². The van der Waals surface area contributed by atoms with Gasteiger partial charge in [0.05, 0.1) is 31.3 Å². The molecule has 0 aliphatic heterocycles. The molecule has 0 aliphatic carbocycles. The molecule has 1 heterocycles. The Labute approximate surface area is 139 Å². The van der Waals surface area contributed by atoms with Gasteiger partial charge in [-0.25, -0.2) is 4.98 Å². The number of fused-ring (bicyclic) bond motifs is 1. The number of aromatic nitrogens is 2.